The van der Waals surface area contributed by atoms with E-state index in [2.05, 4.69) is 4.98 Å². The molecule has 0 radical (unpaired) electrons. The van der Waals surface area contributed by atoms with Crippen molar-refractivity contribution >= 4 is 6.08 Å². The van der Waals surface area contributed by atoms with E-state index >= 15 is 0 Å². The Labute approximate surface area is 77.3 Å². The Morgan fingerprint density at radius 3 is 3.23 bits per heavy atom. The maximum Gasteiger partial charge on any atom is 0.144 e. The van der Waals surface area contributed by atoms with Gasteiger partial charge in [0, 0.05) is 6.20 Å². The third kappa shape index (κ3) is 2.60. The van der Waals surface area contributed by atoms with Crippen LogP contribution in [0.15, 0.2) is 24.4 Å². The van der Waals surface area contributed by atoms with Crippen molar-refractivity contribution < 1.29 is 4.74 Å². The normalized spacial score (nSPS) is 9.85. The molecule has 0 unspecified atom stereocenters. The van der Waals surface area contributed by atoms with Crippen LogP contribution in [0.2, 0.25) is 0 Å². The molecule has 0 aliphatic heterocycles. The zero-order chi connectivity index (χ0) is 9.52. The molecule has 0 saturated heterocycles. The Balaban J connectivity index is 2.82. The summed E-state index contributed by atoms with van der Waals surface area (Å²) >= 11 is 0. The summed E-state index contributed by atoms with van der Waals surface area (Å²) in [6.07, 6.45) is 5.61. The molecule has 0 atom stereocenters. The SMILES string of the molecule is COc1cccnc1C=CCC#N. The average molecular weight is 174 g/mol. The van der Waals surface area contributed by atoms with E-state index in [1.807, 2.05) is 12.1 Å². The zero-order valence-electron chi connectivity index (χ0n) is 7.40. The molecular formula is C10H10N2O. The number of nitriles is 1. The van der Waals surface area contributed by atoms with Gasteiger partial charge in [0.2, 0.25) is 0 Å². The number of nitrogens with zero attached hydrogens (tertiary/aromatic N) is 2. The van der Waals surface area contributed by atoms with Gasteiger partial charge in [-0.2, -0.15) is 5.26 Å². The first-order valence-corrected chi connectivity index (χ1v) is 3.91. The lowest BCUT2D eigenvalue weighted by Gasteiger charge is -2.01. The lowest BCUT2D eigenvalue weighted by atomic mass is 10.3. The number of hydrogen-bond acceptors (Lipinski definition) is 3. The second kappa shape index (κ2) is 4.94. The van der Waals surface area contributed by atoms with Crippen LogP contribution in [0.5, 0.6) is 5.75 Å². The lowest BCUT2D eigenvalue weighted by Crippen LogP contribution is -1.88. The van der Waals surface area contributed by atoms with E-state index in [0.717, 1.165) is 11.4 Å². The van der Waals surface area contributed by atoms with Crippen molar-refractivity contribution in [3.63, 3.8) is 0 Å². The summed E-state index contributed by atoms with van der Waals surface area (Å²) in [6, 6.07) is 5.66. The number of aromatic nitrogens is 1. The minimum absolute atomic E-state index is 0.389. The van der Waals surface area contributed by atoms with Crippen LogP contribution in [0, 0.1) is 11.3 Å². The molecule has 1 aromatic rings. The second-order valence-electron chi connectivity index (χ2n) is 2.36. The third-order valence-corrected chi connectivity index (χ3v) is 1.50. The number of ether oxygens (including phenoxy) is 1. The van der Waals surface area contributed by atoms with Crippen LogP contribution in [0.3, 0.4) is 0 Å². The summed E-state index contributed by atoms with van der Waals surface area (Å²) in [5.41, 5.74) is 0.750. The van der Waals surface area contributed by atoms with Crippen molar-refractivity contribution in [3.8, 4) is 11.8 Å². The largest absolute Gasteiger partial charge is 0.494 e. The molecule has 13 heavy (non-hydrogen) atoms. The monoisotopic (exact) mass is 174 g/mol. The zero-order valence-corrected chi connectivity index (χ0v) is 7.40. The van der Waals surface area contributed by atoms with Crippen molar-refractivity contribution in [1.29, 1.82) is 5.26 Å². The molecule has 0 aliphatic carbocycles. The van der Waals surface area contributed by atoms with E-state index in [9.17, 15) is 0 Å². The maximum atomic E-state index is 8.32. The van der Waals surface area contributed by atoms with Gasteiger partial charge < -0.3 is 4.74 Å². The molecule has 0 spiro atoms. The summed E-state index contributed by atoms with van der Waals surface area (Å²) in [6.45, 7) is 0. The summed E-state index contributed by atoms with van der Waals surface area (Å²) in [5, 5.41) is 8.32. The molecule has 0 fully saturated rings. The molecule has 0 bridgehead atoms. The van der Waals surface area contributed by atoms with Crippen molar-refractivity contribution in [2.75, 3.05) is 7.11 Å². The van der Waals surface area contributed by atoms with Gasteiger partial charge in [0.15, 0.2) is 0 Å². The minimum atomic E-state index is 0.389. The van der Waals surface area contributed by atoms with E-state index in [1.165, 1.54) is 0 Å². The Bertz CT molecular complexity index is 339. The van der Waals surface area contributed by atoms with Crippen molar-refractivity contribution in [2.24, 2.45) is 0 Å². The first-order valence-electron chi connectivity index (χ1n) is 3.91. The van der Waals surface area contributed by atoms with Crippen molar-refractivity contribution in [1.82, 2.24) is 4.98 Å². The maximum absolute atomic E-state index is 8.32. The number of allylic oxidation sites excluding steroid dienone is 1. The molecule has 1 rings (SSSR count). The van der Waals surface area contributed by atoms with Crippen LogP contribution in [-0.2, 0) is 0 Å². The van der Waals surface area contributed by atoms with Crippen molar-refractivity contribution in [2.45, 2.75) is 6.42 Å². The highest BCUT2D eigenvalue weighted by Crippen LogP contribution is 2.15. The molecule has 1 aromatic heterocycles. The van der Waals surface area contributed by atoms with Gasteiger partial charge in [-0.25, -0.2) is 0 Å². The highest BCUT2D eigenvalue weighted by atomic mass is 16.5. The predicted octanol–water partition coefficient (Wildman–Crippen LogP) is 2.02. The Morgan fingerprint density at radius 2 is 2.54 bits per heavy atom. The topological polar surface area (TPSA) is 45.9 Å². The number of hydrogen-bond donors (Lipinski definition) is 0. The van der Waals surface area contributed by atoms with E-state index in [1.54, 1.807) is 31.5 Å². The van der Waals surface area contributed by atoms with E-state index < -0.39 is 0 Å². The Kier molecular flexibility index (Phi) is 3.52. The van der Waals surface area contributed by atoms with Crippen LogP contribution in [0.25, 0.3) is 6.08 Å². The molecule has 0 N–H and O–H groups in total. The third-order valence-electron chi connectivity index (χ3n) is 1.50. The Hall–Kier alpha value is -1.82. The summed E-state index contributed by atoms with van der Waals surface area (Å²) in [4.78, 5) is 4.10. The molecule has 0 saturated carbocycles. The highest BCUT2D eigenvalue weighted by molar-refractivity contribution is 5.52. The van der Waals surface area contributed by atoms with Gasteiger partial charge in [-0.15, -0.1) is 0 Å². The van der Waals surface area contributed by atoms with Crippen LogP contribution in [0.4, 0.5) is 0 Å². The van der Waals surface area contributed by atoms with Gasteiger partial charge in [-0.1, -0.05) is 6.08 Å². The highest BCUT2D eigenvalue weighted by Gasteiger charge is 1.96. The summed E-state index contributed by atoms with van der Waals surface area (Å²) < 4.78 is 5.08. The van der Waals surface area contributed by atoms with Crippen LogP contribution in [-0.4, -0.2) is 12.1 Å². The van der Waals surface area contributed by atoms with Gasteiger partial charge in [0.1, 0.15) is 11.4 Å². The van der Waals surface area contributed by atoms with Crippen LogP contribution >= 0.6 is 0 Å². The smallest absolute Gasteiger partial charge is 0.144 e. The first kappa shape index (κ1) is 9.27. The molecule has 3 heteroatoms. The van der Waals surface area contributed by atoms with Gasteiger partial charge >= 0.3 is 0 Å². The van der Waals surface area contributed by atoms with Crippen molar-refractivity contribution in [3.05, 3.63) is 30.1 Å². The molecule has 66 valence electrons. The minimum Gasteiger partial charge on any atom is -0.494 e. The molecule has 0 aromatic carbocycles. The van der Waals surface area contributed by atoms with E-state index in [0.29, 0.717) is 6.42 Å². The fourth-order valence-electron chi connectivity index (χ4n) is 0.924. The van der Waals surface area contributed by atoms with Gasteiger partial charge in [-0.3, -0.25) is 4.98 Å². The number of rotatable bonds is 3. The van der Waals surface area contributed by atoms with Gasteiger partial charge in [-0.05, 0) is 18.2 Å². The van der Waals surface area contributed by atoms with E-state index in [-0.39, 0.29) is 0 Å². The first-order chi connectivity index (χ1) is 6.38. The quantitative estimate of drug-likeness (QED) is 0.704. The number of pyridine rings is 1. The summed E-state index contributed by atoms with van der Waals surface area (Å²) in [5.74, 6) is 0.719. The standard InChI is InChI=1S/C10H10N2O/c1-13-10-6-4-8-12-9(10)5-2-3-7-11/h2,4-6,8H,3H2,1H3. The molecule has 0 aliphatic rings. The Morgan fingerprint density at radius 1 is 1.69 bits per heavy atom. The van der Waals surface area contributed by atoms with Crippen LogP contribution < -0.4 is 4.74 Å². The summed E-state index contributed by atoms with van der Waals surface area (Å²) in [7, 11) is 1.60. The molecule has 0 amide bonds. The second-order valence-corrected chi connectivity index (χ2v) is 2.36. The van der Waals surface area contributed by atoms with E-state index in [4.69, 9.17) is 10.00 Å². The molecule has 1 heterocycles. The average Bonchev–Trinajstić information content (AvgIpc) is 2.19. The fourth-order valence-corrected chi connectivity index (χ4v) is 0.924. The van der Waals surface area contributed by atoms with Crippen LogP contribution in [0.1, 0.15) is 12.1 Å². The molecule has 3 nitrogen and oxygen atoms in total. The fraction of sp³-hybridized carbons (Fsp3) is 0.200. The predicted molar refractivity (Wildman–Crippen MR) is 50.1 cm³/mol. The van der Waals surface area contributed by atoms with Gasteiger partial charge in [0.05, 0.1) is 19.6 Å². The number of methoxy groups -OCH3 is 1. The molecular weight excluding hydrogens is 164 g/mol. The lowest BCUT2D eigenvalue weighted by molar-refractivity contribution is 0.412. The van der Waals surface area contributed by atoms with Gasteiger partial charge in [0.25, 0.3) is 0 Å².